The molecule has 1 fully saturated rings. The average Bonchev–Trinajstić information content (AvgIpc) is 1.28. The van der Waals surface area contributed by atoms with Gasteiger partial charge in [0.25, 0.3) is 0 Å². The van der Waals surface area contributed by atoms with Crippen LogP contribution >= 0.6 is 0 Å². The molecule has 7 unspecified atom stereocenters. The summed E-state index contributed by atoms with van der Waals surface area (Å²) in [6.07, 6.45) is 95.6. The summed E-state index contributed by atoms with van der Waals surface area (Å²) in [6.45, 7) is 3.74. The number of hydrogen-bond donors (Lipinski definition) is 6. The van der Waals surface area contributed by atoms with Crippen LogP contribution in [0, 0.1) is 0 Å². The molecule has 0 aromatic heterocycles. The zero-order chi connectivity index (χ0) is 64.9. The first-order valence-corrected chi connectivity index (χ1v) is 37.7. The second kappa shape index (κ2) is 68.4. The summed E-state index contributed by atoms with van der Waals surface area (Å²) >= 11 is 0. The summed E-state index contributed by atoms with van der Waals surface area (Å²) in [5.74, 6) is -0.169. The van der Waals surface area contributed by atoms with Crippen molar-refractivity contribution < 1.29 is 39.8 Å². The minimum atomic E-state index is -1.57. The molecule has 1 rings (SSSR count). The SMILES string of the molecule is CC/C=C\C/C=C\C/C=C\C/C=C\C/C=C\C/C=C\C/C=C\C/C=C\C/C=C\C/C=C\CCCCCCC(=O)NC(COC1OC(CO)C(O)C(O)C1O)C(O)CCCCCCCCCCCCCCCCCCCCCCCCCCCCCCCCCC. The Bertz CT molecular complexity index is 1840. The summed E-state index contributed by atoms with van der Waals surface area (Å²) in [6, 6.07) is -0.745. The van der Waals surface area contributed by atoms with E-state index in [2.05, 4.69) is 141 Å². The van der Waals surface area contributed by atoms with Crippen molar-refractivity contribution in [1.82, 2.24) is 5.32 Å². The highest BCUT2D eigenvalue weighted by Gasteiger charge is 2.44. The monoisotopic (exact) mass is 1260 g/mol. The van der Waals surface area contributed by atoms with Crippen molar-refractivity contribution in [3.8, 4) is 0 Å². The van der Waals surface area contributed by atoms with Gasteiger partial charge in [-0.1, -0.05) is 354 Å². The number of rotatable bonds is 65. The maximum atomic E-state index is 13.2. The third-order valence-corrected chi connectivity index (χ3v) is 17.3. The number of carbonyl (C=O) groups excluding carboxylic acids is 1. The third-order valence-electron chi connectivity index (χ3n) is 17.3. The van der Waals surface area contributed by atoms with Crippen LogP contribution in [0.1, 0.15) is 328 Å². The molecule has 90 heavy (non-hydrogen) atoms. The van der Waals surface area contributed by atoms with Crippen LogP contribution in [-0.2, 0) is 14.3 Å². The Morgan fingerprint density at radius 3 is 1.02 bits per heavy atom. The van der Waals surface area contributed by atoms with Gasteiger partial charge in [0.2, 0.25) is 5.91 Å². The molecular weight excluding hydrogens is 1110 g/mol. The summed E-state index contributed by atoms with van der Waals surface area (Å²) in [4.78, 5) is 13.2. The van der Waals surface area contributed by atoms with Gasteiger partial charge in [0.05, 0.1) is 25.4 Å². The van der Waals surface area contributed by atoms with Crippen LogP contribution in [-0.4, -0.2) is 87.5 Å². The first-order chi connectivity index (χ1) is 44.3. The number of amides is 1. The number of nitrogens with one attached hydrogen (secondary N) is 1. The van der Waals surface area contributed by atoms with Gasteiger partial charge in [0, 0.05) is 6.42 Å². The molecule has 6 N–H and O–H groups in total. The Balaban J connectivity index is 2.15. The van der Waals surface area contributed by atoms with Crippen molar-refractivity contribution in [2.75, 3.05) is 13.2 Å². The van der Waals surface area contributed by atoms with Gasteiger partial charge in [-0.3, -0.25) is 4.79 Å². The Hall–Kier alpha value is -3.41. The zero-order valence-corrected chi connectivity index (χ0v) is 58.1. The molecular formula is C81H141NO8. The largest absolute Gasteiger partial charge is 0.394 e. The molecule has 518 valence electrons. The van der Waals surface area contributed by atoms with Crippen molar-refractivity contribution >= 4 is 5.91 Å². The van der Waals surface area contributed by atoms with Gasteiger partial charge in [-0.2, -0.15) is 0 Å². The predicted molar refractivity (Wildman–Crippen MR) is 387 cm³/mol. The van der Waals surface area contributed by atoms with Crippen LogP contribution in [0.3, 0.4) is 0 Å². The third kappa shape index (κ3) is 56.2. The van der Waals surface area contributed by atoms with E-state index in [4.69, 9.17) is 9.47 Å². The Morgan fingerprint density at radius 1 is 0.389 bits per heavy atom. The van der Waals surface area contributed by atoms with E-state index < -0.39 is 49.5 Å². The lowest BCUT2D eigenvalue weighted by atomic mass is 9.99. The Labute approximate surface area is 554 Å². The van der Waals surface area contributed by atoms with Crippen LogP contribution in [0.2, 0.25) is 0 Å². The van der Waals surface area contributed by atoms with E-state index in [0.717, 1.165) is 116 Å². The van der Waals surface area contributed by atoms with E-state index in [9.17, 15) is 30.3 Å². The van der Waals surface area contributed by atoms with Gasteiger partial charge < -0.3 is 40.3 Å². The van der Waals surface area contributed by atoms with Crippen molar-refractivity contribution in [3.63, 3.8) is 0 Å². The van der Waals surface area contributed by atoms with Gasteiger partial charge in [0.15, 0.2) is 6.29 Å². The van der Waals surface area contributed by atoms with Crippen LogP contribution in [0.25, 0.3) is 0 Å². The number of aliphatic hydroxyl groups is 5. The molecule has 1 aliphatic rings. The summed E-state index contributed by atoms with van der Waals surface area (Å²) in [7, 11) is 0. The summed E-state index contributed by atoms with van der Waals surface area (Å²) in [5.41, 5.74) is 0. The maximum Gasteiger partial charge on any atom is 0.220 e. The second-order valence-electron chi connectivity index (χ2n) is 25.7. The molecule has 1 heterocycles. The van der Waals surface area contributed by atoms with E-state index in [1.165, 1.54) is 186 Å². The lowest BCUT2D eigenvalue weighted by Crippen LogP contribution is -2.60. The van der Waals surface area contributed by atoms with E-state index in [0.29, 0.717) is 12.8 Å². The fraction of sp³-hybridized carbons (Fsp3) is 0.741. The molecule has 9 heteroatoms. The topological polar surface area (TPSA) is 149 Å². The smallest absolute Gasteiger partial charge is 0.220 e. The number of ether oxygens (including phenoxy) is 2. The molecule has 9 nitrogen and oxygen atoms in total. The number of carbonyl (C=O) groups is 1. The van der Waals surface area contributed by atoms with E-state index in [1.54, 1.807) is 0 Å². The number of unbranched alkanes of at least 4 members (excludes halogenated alkanes) is 35. The normalized spacial score (nSPS) is 18.5. The van der Waals surface area contributed by atoms with E-state index in [1.807, 2.05) is 0 Å². The quantitative estimate of drug-likeness (QED) is 0.0261. The zero-order valence-electron chi connectivity index (χ0n) is 58.1. The first kappa shape index (κ1) is 84.6. The second-order valence-corrected chi connectivity index (χ2v) is 25.7. The lowest BCUT2D eigenvalue weighted by Gasteiger charge is -2.40. The molecule has 0 spiro atoms. The molecule has 0 bridgehead atoms. The first-order valence-electron chi connectivity index (χ1n) is 37.7. The minimum absolute atomic E-state index is 0.155. The number of hydrogen-bond acceptors (Lipinski definition) is 8. The summed E-state index contributed by atoms with van der Waals surface area (Å²) in [5, 5.41) is 55.0. The van der Waals surface area contributed by atoms with Gasteiger partial charge in [0.1, 0.15) is 24.4 Å². The minimum Gasteiger partial charge on any atom is -0.394 e. The fourth-order valence-corrected chi connectivity index (χ4v) is 11.5. The van der Waals surface area contributed by atoms with Crippen LogP contribution in [0.4, 0.5) is 0 Å². The maximum absolute atomic E-state index is 13.2. The van der Waals surface area contributed by atoms with Gasteiger partial charge >= 0.3 is 0 Å². The highest BCUT2D eigenvalue weighted by Crippen LogP contribution is 2.24. The van der Waals surface area contributed by atoms with Crippen LogP contribution < -0.4 is 5.32 Å². The molecule has 1 aliphatic heterocycles. The van der Waals surface area contributed by atoms with Crippen molar-refractivity contribution in [2.45, 2.75) is 371 Å². The van der Waals surface area contributed by atoms with Gasteiger partial charge in [-0.15, -0.1) is 0 Å². The highest BCUT2D eigenvalue weighted by molar-refractivity contribution is 5.76. The van der Waals surface area contributed by atoms with Crippen molar-refractivity contribution in [3.05, 3.63) is 122 Å². The van der Waals surface area contributed by atoms with Crippen LogP contribution in [0.5, 0.6) is 0 Å². The summed E-state index contributed by atoms with van der Waals surface area (Å²) < 4.78 is 11.4. The van der Waals surface area contributed by atoms with E-state index >= 15 is 0 Å². The molecule has 7 atom stereocenters. The number of allylic oxidation sites excluding steroid dienone is 20. The highest BCUT2D eigenvalue weighted by atomic mass is 16.7. The van der Waals surface area contributed by atoms with Gasteiger partial charge in [-0.05, 0) is 89.9 Å². The molecule has 1 amide bonds. The van der Waals surface area contributed by atoms with Crippen LogP contribution in [0.15, 0.2) is 122 Å². The fourth-order valence-electron chi connectivity index (χ4n) is 11.5. The molecule has 0 aliphatic carbocycles. The molecule has 0 saturated carbocycles. The Kier molecular flexibility index (Phi) is 64.3. The Morgan fingerprint density at radius 2 is 0.689 bits per heavy atom. The standard InChI is InChI=1S/C81H141NO8/c1-3-5-7-9-11-13-15-17-19-21-23-25-27-29-31-33-35-37-38-39-41-43-45-47-49-51-53-55-57-59-61-63-65-67-69-71-77(85)82-74(73-89-81-80(88)79(87)78(86)76(72-83)90-81)75(84)70-68-66-64-62-60-58-56-54-52-50-48-46-44-42-40-36-34-32-30-28-26-24-22-20-18-16-14-12-10-8-6-4-2/h5,7,11,13,17,19,23,25,29,31,35,37,39,41,45,47,51,53,57,59,74-76,78-81,83-84,86-88H,3-4,6,8-10,12,14-16,18,20-22,24,26-28,30,32-34,36,38,40,42-44,46,48-50,52,54-56,58,60-73H2,1-2H3,(H,82,85)/b7-5-,13-11-,19-17-,25-23-,31-29-,37-35-,41-39-,47-45-,53-51-,59-57-. The predicted octanol–water partition coefficient (Wildman–Crippen LogP) is 21.4. The lowest BCUT2D eigenvalue weighted by molar-refractivity contribution is -0.302. The average molecular weight is 1260 g/mol. The van der Waals surface area contributed by atoms with E-state index in [-0.39, 0.29) is 12.5 Å². The molecule has 1 saturated heterocycles. The molecule has 0 radical (unpaired) electrons. The van der Waals surface area contributed by atoms with Crippen molar-refractivity contribution in [1.29, 1.82) is 0 Å². The van der Waals surface area contributed by atoms with Crippen molar-refractivity contribution in [2.24, 2.45) is 0 Å². The molecule has 0 aromatic carbocycles. The number of aliphatic hydroxyl groups excluding tert-OH is 5. The molecule has 0 aromatic rings. The van der Waals surface area contributed by atoms with Gasteiger partial charge in [-0.25, -0.2) is 0 Å².